The number of rotatable bonds is 1. The quantitative estimate of drug-likeness (QED) is 0.796. The van der Waals surface area contributed by atoms with Crippen molar-refractivity contribution in [1.82, 2.24) is 15.1 Å². The molecule has 0 aliphatic carbocycles. The number of fused-ring (bicyclic) bond motifs is 1. The largest absolute Gasteiger partial charge is 0.444 e. The smallest absolute Gasteiger partial charge is 0.410 e. The molecule has 3 heterocycles. The third-order valence-electron chi connectivity index (χ3n) is 4.22. The monoisotopic (exact) mass is 319 g/mol. The highest BCUT2D eigenvalue weighted by Gasteiger charge is 2.34. The van der Waals surface area contributed by atoms with E-state index in [1.54, 1.807) is 11.2 Å². The molecule has 7 heteroatoms. The number of nitrogens with zero attached hydrogens (tertiary/aromatic N) is 4. The molecule has 1 amide bonds. The number of aliphatic imine (C=N–C) groups is 2. The van der Waals surface area contributed by atoms with Gasteiger partial charge in [0.05, 0.1) is 13.0 Å². The number of ether oxygens (including phenoxy) is 1. The van der Waals surface area contributed by atoms with Crippen LogP contribution in [0, 0.1) is 0 Å². The zero-order chi connectivity index (χ0) is 16.4. The van der Waals surface area contributed by atoms with E-state index in [1.807, 2.05) is 33.2 Å². The maximum Gasteiger partial charge on any atom is 0.410 e. The highest BCUT2D eigenvalue weighted by atomic mass is 16.6. The fourth-order valence-electron chi connectivity index (χ4n) is 3.13. The van der Waals surface area contributed by atoms with E-state index in [-0.39, 0.29) is 12.3 Å². The second-order valence-corrected chi connectivity index (χ2v) is 7.13. The number of likely N-dealkylation sites (tertiary alicyclic amines) is 1. The Labute approximate surface area is 137 Å². The molecule has 23 heavy (non-hydrogen) atoms. The molecule has 3 aliphatic heterocycles. The van der Waals surface area contributed by atoms with E-state index in [9.17, 15) is 4.79 Å². The third kappa shape index (κ3) is 3.72. The Bertz CT molecular complexity index is 541. The van der Waals surface area contributed by atoms with Crippen LogP contribution in [0.2, 0.25) is 0 Å². The van der Waals surface area contributed by atoms with Crippen molar-refractivity contribution in [1.29, 1.82) is 0 Å². The average molecular weight is 319 g/mol. The molecule has 0 aromatic heterocycles. The van der Waals surface area contributed by atoms with Gasteiger partial charge in [0.2, 0.25) is 0 Å². The van der Waals surface area contributed by atoms with Crippen molar-refractivity contribution < 1.29 is 9.53 Å². The second-order valence-electron chi connectivity index (χ2n) is 7.13. The minimum Gasteiger partial charge on any atom is -0.444 e. The summed E-state index contributed by atoms with van der Waals surface area (Å²) < 4.78 is 5.45. The highest BCUT2D eigenvalue weighted by molar-refractivity contribution is 5.83. The zero-order valence-electron chi connectivity index (χ0n) is 14.0. The molecule has 3 rings (SSSR count). The lowest BCUT2D eigenvalue weighted by molar-refractivity contribution is 0.0125. The number of amides is 1. The van der Waals surface area contributed by atoms with Gasteiger partial charge in [-0.15, -0.1) is 0 Å². The number of carbonyl (C=O) groups is 1. The Morgan fingerprint density at radius 3 is 2.78 bits per heavy atom. The first kappa shape index (κ1) is 16.0. The SMILES string of the molecule is CC(C)(C)OC(=O)N1CCC(N2CN=CC3=CNC=NC32)CC1. The van der Waals surface area contributed by atoms with E-state index in [2.05, 4.69) is 20.2 Å². The standard InChI is InChI=1S/C16H25N5O2/c1-16(2,3)23-15(22)20-6-4-13(5-7-20)21-11-18-9-12-8-17-10-19-14(12)21/h8-10,13-14H,4-7,11H2,1-3H3,(H,17,19). The van der Waals surface area contributed by atoms with Crippen molar-refractivity contribution in [2.45, 2.75) is 51.4 Å². The van der Waals surface area contributed by atoms with Crippen LogP contribution in [-0.4, -0.2) is 66.0 Å². The van der Waals surface area contributed by atoms with Crippen LogP contribution in [0.15, 0.2) is 21.8 Å². The van der Waals surface area contributed by atoms with Crippen LogP contribution >= 0.6 is 0 Å². The number of hydrogen-bond acceptors (Lipinski definition) is 6. The van der Waals surface area contributed by atoms with Crippen LogP contribution in [0.4, 0.5) is 4.79 Å². The summed E-state index contributed by atoms with van der Waals surface area (Å²) in [5, 5.41) is 3.01. The molecule has 0 aromatic rings. The average Bonchev–Trinajstić information content (AvgIpc) is 2.53. The van der Waals surface area contributed by atoms with Crippen LogP contribution < -0.4 is 5.32 Å². The molecule has 0 aromatic carbocycles. The van der Waals surface area contributed by atoms with Gasteiger partial charge in [-0.1, -0.05) is 0 Å². The third-order valence-corrected chi connectivity index (χ3v) is 4.22. The zero-order valence-corrected chi connectivity index (χ0v) is 14.0. The van der Waals surface area contributed by atoms with E-state index < -0.39 is 5.60 Å². The summed E-state index contributed by atoms with van der Waals surface area (Å²) in [7, 11) is 0. The maximum atomic E-state index is 12.2. The van der Waals surface area contributed by atoms with Crippen molar-refractivity contribution in [2.75, 3.05) is 19.8 Å². The first-order chi connectivity index (χ1) is 10.9. The summed E-state index contributed by atoms with van der Waals surface area (Å²) in [6.45, 7) is 7.78. The lowest BCUT2D eigenvalue weighted by atomic mass is 10.0. The van der Waals surface area contributed by atoms with Gasteiger partial charge in [0.1, 0.15) is 11.8 Å². The first-order valence-corrected chi connectivity index (χ1v) is 8.15. The maximum absolute atomic E-state index is 12.2. The number of carbonyl (C=O) groups excluding carboxylic acids is 1. The van der Waals surface area contributed by atoms with Crippen molar-refractivity contribution in [2.24, 2.45) is 9.98 Å². The Kier molecular flexibility index (Phi) is 4.39. The molecular formula is C16H25N5O2. The number of piperidine rings is 1. The second kappa shape index (κ2) is 6.31. The van der Waals surface area contributed by atoms with Gasteiger partial charge in [-0.3, -0.25) is 14.9 Å². The molecule has 1 saturated heterocycles. The molecule has 0 spiro atoms. The Morgan fingerprint density at radius 2 is 2.09 bits per heavy atom. The Morgan fingerprint density at radius 1 is 1.35 bits per heavy atom. The first-order valence-electron chi connectivity index (χ1n) is 8.15. The van der Waals surface area contributed by atoms with Crippen LogP contribution in [0.3, 0.4) is 0 Å². The van der Waals surface area contributed by atoms with E-state index in [0.717, 1.165) is 18.4 Å². The van der Waals surface area contributed by atoms with E-state index in [1.165, 1.54) is 0 Å². The molecule has 3 aliphatic rings. The molecule has 1 atom stereocenters. The summed E-state index contributed by atoms with van der Waals surface area (Å²) >= 11 is 0. The predicted octanol–water partition coefficient (Wildman–Crippen LogP) is 1.57. The van der Waals surface area contributed by atoms with Gasteiger partial charge in [-0.05, 0) is 33.6 Å². The summed E-state index contributed by atoms with van der Waals surface area (Å²) in [4.78, 5) is 25.2. The van der Waals surface area contributed by atoms with E-state index in [4.69, 9.17) is 4.74 Å². The summed E-state index contributed by atoms with van der Waals surface area (Å²) in [6, 6.07) is 0.384. The fraction of sp³-hybridized carbons (Fsp3) is 0.688. The van der Waals surface area contributed by atoms with Crippen LogP contribution in [0.25, 0.3) is 0 Å². The molecule has 0 radical (unpaired) electrons. The number of nitrogens with one attached hydrogen (secondary N) is 1. The molecule has 0 saturated carbocycles. The van der Waals surface area contributed by atoms with Gasteiger partial charge in [-0.25, -0.2) is 4.79 Å². The van der Waals surface area contributed by atoms with Gasteiger partial charge >= 0.3 is 6.09 Å². The van der Waals surface area contributed by atoms with Crippen LogP contribution in [0.5, 0.6) is 0 Å². The normalized spacial score (nSPS) is 25.6. The predicted molar refractivity (Wildman–Crippen MR) is 89.5 cm³/mol. The van der Waals surface area contributed by atoms with Crippen molar-refractivity contribution in [3.8, 4) is 0 Å². The Hall–Kier alpha value is -1.89. The molecule has 1 fully saturated rings. The molecule has 1 unspecified atom stereocenters. The summed E-state index contributed by atoms with van der Waals surface area (Å²) in [5.74, 6) is 0. The van der Waals surface area contributed by atoms with Gasteiger partial charge in [0.25, 0.3) is 0 Å². The van der Waals surface area contributed by atoms with Gasteiger partial charge < -0.3 is 15.0 Å². The highest BCUT2D eigenvalue weighted by Crippen LogP contribution is 2.25. The van der Waals surface area contributed by atoms with E-state index >= 15 is 0 Å². The molecule has 0 bridgehead atoms. The van der Waals surface area contributed by atoms with E-state index in [0.29, 0.717) is 25.8 Å². The molecule has 7 nitrogen and oxygen atoms in total. The molecule has 126 valence electrons. The lowest BCUT2D eigenvalue weighted by Gasteiger charge is -2.42. The number of hydrogen-bond donors (Lipinski definition) is 1. The van der Waals surface area contributed by atoms with Crippen molar-refractivity contribution in [3.63, 3.8) is 0 Å². The summed E-state index contributed by atoms with van der Waals surface area (Å²) in [5.41, 5.74) is 0.646. The summed E-state index contributed by atoms with van der Waals surface area (Å²) in [6.07, 6.45) is 7.24. The van der Waals surface area contributed by atoms with Crippen molar-refractivity contribution >= 4 is 18.6 Å². The lowest BCUT2D eigenvalue weighted by Crippen LogP contribution is -2.52. The topological polar surface area (TPSA) is 69.5 Å². The Balaban J connectivity index is 1.58. The van der Waals surface area contributed by atoms with Gasteiger partial charge in [0.15, 0.2) is 0 Å². The van der Waals surface area contributed by atoms with Crippen LogP contribution in [0.1, 0.15) is 33.6 Å². The van der Waals surface area contributed by atoms with Gasteiger partial charge in [-0.2, -0.15) is 0 Å². The minimum absolute atomic E-state index is 0.0480. The fourth-order valence-corrected chi connectivity index (χ4v) is 3.13. The molecule has 1 N–H and O–H groups in total. The van der Waals surface area contributed by atoms with Gasteiger partial charge in [0, 0.05) is 37.1 Å². The minimum atomic E-state index is -0.445. The van der Waals surface area contributed by atoms with Crippen molar-refractivity contribution in [3.05, 3.63) is 11.8 Å². The molecular weight excluding hydrogens is 294 g/mol. The van der Waals surface area contributed by atoms with Crippen LogP contribution in [-0.2, 0) is 4.74 Å².